The lowest BCUT2D eigenvalue weighted by molar-refractivity contribution is 0.153. The monoisotopic (exact) mass is 302 g/mol. The van der Waals surface area contributed by atoms with Gasteiger partial charge in [0, 0.05) is 25.3 Å². The second-order valence-corrected chi connectivity index (χ2v) is 6.62. The Morgan fingerprint density at radius 1 is 1.45 bits per heavy atom. The van der Waals surface area contributed by atoms with Crippen LogP contribution in [0.2, 0.25) is 0 Å². The Labute approximate surface area is 119 Å². The topological polar surface area (TPSA) is 80.6 Å². The van der Waals surface area contributed by atoms with Crippen LogP contribution in [0.3, 0.4) is 0 Å². The first kappa shape index (κ1) is 15.5. The highest BCUT2D eigenvalue weighted by Gasteiger charge is 2.23. The first-order valence-electron chi connectivity index (χ1n) is 6.93. The van der Waals surface area contributed by atoms with Gasteiger partial charge in [0.25, 0.3) is 0 Å². The molecule has 1 aliphatic carbocycles. The third-order valence-corrected chi connectivity index (χ3v) is 4.67. The quantitative estimate of drug-likeness (QED) is 0.669. The molecule has 2 N–H and O–H groups in total. The molecule has 0 aliphatic heterocycles. The van der Waals surface area contributed by atoms with E-state index in [4.69, 9.17) is 9.15 Å². The van der Waals surface area contributed by atoms with Gasteiger partial charge in [0.1, 0.15) is 16.4 Å². The van der Waals surface area contributed by atoms with Crippen molar-refractivity contribution in [2.75, 3.05) is 19.8 Å². The number of furan rings is 1. The van der Waals surface area contributed by atoms with Crippen molar-refractivity contribution in [1.82, 2.24) is 10.0 Å². The van der Waals surface area contributed by atoms with E-state index in [1.807, 2.05) is 6.92 Å². The Hall–Kier alpha value is -0.890. The molecule has 1 aromatic rings. The van der Waals surface area contributed by atoms with E-state index in [1.165, 1.54) is 12.8 Å². The highest BCUT2D eigenvalue weighted by Crippen LogP contribution is 2.22. The zero-order valence-electron chi connectivity index (χ0n) is 11.9. The minimum atomic E-state index is -3.53. The number of hydrogen-bond acceptors (Lipinski definition) is 5. The van der Waals surface area contributed by atoms with Crippen molar-refractivity contribution < 1.29 is 17.6 Å². The molecular weight excluding hydrogens is 280 g/mol. The molecule has 6 nitrogen and oxygen atoms in total. The molecule has 1 fully saturated rings. The van der Waals surface area contributed by atoms with Crippen molar-refractivity contribution in [3.63, 3.8) is 0 Å². The fourth-order valence-corrected chi connectivity index (χ4v) is 3.10. The molecule has 1 saturated carbocycles. The molecule has 7 heteroatoms. The summed E-state index contributed by atoms with van der Waals surface area (Å²) in [5.41, 5.74) is 0. The van der Waals surface area contributed by atoms with Gasteiger partial charge in [0.15, 0.2) is 0 Å². The molecule has 0 amide bonds. The number of nitrogens with one attached hydrogen (secondary N) is 2. The van der Waals surface area contributed by atoms with Gasteiger partial charge in [-0.05, 0) is 26.7 Å². The lowest BCUT2D eigenvalue weighted by Gasteiger charge is -2.05. The van der Waals surface area contributed by atoms with E-state index in [1.54, 1.807) is 13.0 Å². The lowest BCUT2D eigenvalue weighted by Crippen LogP contribution is -2.27. The van der Waals surface area contributed by atoms with E-state index in [0.717, 1.165) is 0 Å². The first-order chi connectivity index (χ1) is 9.53. The van der Waals surface area contributed by atoms with Crippen molar-refractivity contribution in [3.05, 3.63) is 17.6 Å². The number of sulfonamides is 1. The summed E-state index contributed by atoms with van der Waals surface area (Å²) in [6.07, 6.45) is 2.37. The standard InChI is InChI=1S/C13H22N2O4S/c1-3-18-7-6-15-20(16,17)13-8-12(19-10(13)2)9-14-11-4-5-11/h8,11,14-15H,3-7,9H2,1-2H3. The highest BCUT2D eigenvalue weighted by atomic mass is 32.2. The van der Waals surface area contributed by atoms with Crippen molar-refractivity contribution in [2.24, 2.45) is 0 Å². The van der Waals surface area contributed by atoms with Crippen LogP contribution in [0.25, 0.3) is 0 Å². The lowest BCUT2D eigenvalue weighted by atomic mass is 10.4. The molecule has 0 saturated heterocycles. The molecule has 0 aromatic carbocycles. The van der Waals surface area contributed by atoms with Crippen LogP contribution in [0.5, 0.6) is 0 Å². The van der Waals surface area contributed by atoms with E-state index < -0.39 is 10.0 Å². The Morgan fingerprint density at radius 3 is 2.85 bits per heavy atom. The van der Waals surface area contributed by atoms with Gasteiger partial charge < -0.3 is 14.5 Å². The normalized spacial score (nSPS) is 15.7. The summed E-state index contributed by atoms with van der Waals surface area (Å²) in [6.45, 7) is 5.30. The van der Waals surface area contributed by atoms with Gasteiger partial charge in [-0.25, -0.2) is 13.1 Å². The summed E-state index contributed by atoms with van der Waals surface area (Å²) < 4.78 is 37.4. The van der Waals surface area contributed by atoms with E-state index >= 15 is 0 Å². The van der Waals surface area contributed by atoms with Crippen LogP contribution < -0.4 is 10.0 Å². The molecule has 1 aromatic heterocycles. The molecular formula is C13H22N2O4S. The summed E-state index contributed by atoms with van der Waals surface area (Å²) in [5.74, 6) is 1.07. The zero-order chi connectivity index (χ0) is 14.6. The number of ether oxygens (including phenoxy) is 1. The molecule has 20 heavy (non-hydrogen) atoms. The van der Waals surface area contributed by atoms with Gasteiger partial charge in [-0.2, -0.15) is 0 Å². The van der Waals surface area contributed by atoms with Crippen LogP contribution in [0, 0.1) is 6.92 Å². The van der Waals surface area contributed by atoms with E-state index in [9.17, 15) is 8.42 Å². The average Bonchev–Trinajstić information content (AvgIpc) is 3.15. The van der Waals surface area contributed by atoms with Crippen LogP contribution in [0.1, 0.15) is 31.3 Å². The summed E-state index contributed by atoms with van der Waals surface area (Å²) in [6, 6.07) is 2.15. The average molecular weight is 302 g/mol. The van der Waals surface area contributed by atoms with Crippen molar-refractivity contribution >= 4 is 10.0 Å². The Kier molecular flexibility index (Phi) is 5.20. The second kappa shape index (κ2) is 6.71. The van der Waals surface area contributed by atoms with Gasteiger partial charge >= 0.3 is 0 Å². The molecule has 0 bridgehead atoms. The largest absolute Gasteiger partial charge is 0.464 e. The smallest absolute Gasteiger partial charge is 0.244 e. The Morgan fingerprint density at radius 2 is 2.20 bits per heavy atom. The second-order valence-electron chi connectivity index (χ2n) is 4.88. The Bertz CT molecular complexity index is 535. The molecule has 1 heterocycles. The predicted octanol–water partition coefficient (Wildman–Crippen LogP) is 1.15. The summed E-state index contributed by atoms with van der Waals surface area (Å²) in [4.78, 5) is 0.210. The van der Waals surface area contributed by atoms with Crippen molar-refractivity contribution in [3.8, 4) is 0 Å². The van der Waals surface area contributed by atoms with E-state index in [-0.39, 0.29) is 11.4 Å². The maximum atomic E-state index is 12.1. The fraction of sp³-hybridized carbons (Fsp3) is 0.692. The molecule has 0 spiro atoms. The number of rotatable bonds is 9. The maximum Gasteiger partial charge on any atom is 0.244 e. The minimum Gasteiger partial charge on any atom is -0.464 e. The van der Waals surface area contributed by atoms with Crippen LogP contribution in [-0.2, 0) is 21.3 Å². The fourth-order valence-electron chi connectivity index (χ4n) is 1.88. The van der Waals surface area contributed by atoms with Crippen LogP contribution >= 0.6 is 0 Å². The third-order valence-electron chi connectivity index (χ3n) is 3.10. The van der Waals surface area contributed by atoms with Gasteiger partial charge in [0.05, 0.1) is 13.2 Å². The minimum absolute atomic E-state index is 0.210. The molecule has 2 rings (SSSR count). The van der Waals surface area contributed by atoms with Crippen molar-refractivity contribution in [2.45, 2.75) is 44.2 Å². The highest BCUT2D eigenvalue weighted by molar-refractivity contribution is 7.89. The number of aryl methyl sites for hydroxylation is 1. The third kappa shape index (κ3) is 4.31. The molecule has 1 aliphatic rings. The van der Waals surface area contributed by atoms with E-state index in [2.05, 4.69) is 10.0 Å². The van der Waals surface area contributed by atoms with Gasteiger partial charge in [0.2, 0.25) is 10.0 Å². The molecule has 114 valence electrons. The first-order valence-corrected chi connectivity index (χ1v) is 8.41. The summed E-state index contributed by atoms with van der Waals surface area (Å²) >= 11 is 0. The van der Waals surface area contributed by atoms with Gasteiger partial charge in [-0.1, -0.05) is 0 Å². The summed E-state index contributed by atoms with van der Waals surface area (Å²) in [7, 11) is -3.53. The van der Waals surface area contributed by atoms with Crippen molar-refractivity contribution in [1.29, 1.82) is 0 Å². The van der Waals surface area contributed by atoms with Gasteiger partial charge in [-0.15, -0.1) is 0 Å². The molecule has 0 radical (unpaired) electrons. The maximum absolute atomic E-state index is 12.1. The zero-order valence-corrected chi connectivity index (χ0v) is 12.8. The van der Waals surface area contributed by atoms with E-state index in [0.29, 0.717) is 37.3 Å². The predicted molar refractivity (Wildman–Crippen MR) is 75.0 cm³/mol. The van der Waals surface area contributed by atoms with Crippen LogP contribution in [0.15, 0.2) is 15.4 Å². The van der Waals surface area contributed by atoms with Crippen LogP contribution in [-0.4, -0.2) is 34.2 Å². The van der Waals surface area contributed by atoms with Crippen LogP contribution in [0.4, 0.5) is 0 Å². The SMILES string of the molecule is CCOCCNS(=O)(=O)c1cc(CNC2CC2)oc1C. The van der Waals surface area contributed by atoms with Gasteiger partial charge in [-0.3, -0.25) is 0 Å². The summed E-state index contributed by atoms with van der Waals surface area (Å²) in [5, 5.41) is 3.30. The molecule has 0 unspecified atom stereocenters. The number of hydrogen-bond donors (Lipinski definition) is 2. The molecule has 0 atom stereocenters. The Balaban J connectivity index is 1.94.